The molecule has 208 valence electrons. The minimum atomic E-state index is -0.595. The smallest absolute Gasteiger partial charge is 0.268 e. The number of fused-ring (bicyclic) bond motifs is 2. The van der Waals surface area contributed by atoms with E-state index in [2.05, 4.69) is 24.3 Å². The molecular weight excluding hydrogens is 524 g/mol. The summed E-state index contributed by atoms with van der Waals surface area (Å²) in [7, 11) is 0. The molecule has 1 aliphatic heterocycles. The number of rotatable bonds is 2. The van der Waals surface area contributed by atoms with Crippen LogP contribution in [0.25, 0.3) is 43.1 Å². The minimum absolute atomic E-state index is 0.0140. The van der Waals surface area contributed by atoms with Gasteiger partial charge in [-0.15, -0.1) is 0 Å². The quantitative estimate of drug-likeness (QED) is 0.0703. The molecule has 7 rings (SSSR count). The molecule has 0 spiro atoms. The molecule has 6 aromatic carbocycles. The van der Waals surface area contributed by atoms with Gasteiger partial charge in [-0.2, -0.15) is 0 Å². The third kappa shape index (κ3) is 3.44. The number of nitro benzene ring substituents is 1. The van der Waals surface area contributed by atoms with Crippen molar-refractivity contribution in [3.63, 3.8) is 0 Å². The van der Waals surface area contributed by atoms with E-state index in [1.165, 1.54) is 10.3 Å². The summed E-state index contributed by atoms with van der Waals surface area (Å²) in [4.78, 5) is 41.8. The summed E-state index contributed by atoms with van der Waals surface area (Å²) in [6.45, 7) is 11.5. The predicted octanol–water partition coefficient (Wildman–Crippen LogP) is 9.04. The summed E-state index contributed by atoms with van der Waals surface area (Å²) in [5, 5.41) is 20.2. The predicted molar refractivity (Wildman–Crippen MR) is 169 cm³/mol. The second kappa shape index (κ2) is 8.35. The first-order chi connectivity index (χ1) is 19.8. The van der Waals surface area contributed by atoms with Gasteiger partial charge in [-0.05, 0) is 72.3 Å². The third-order valence-corrected chi connectivity index (χ3v) is 8.68. The zero-order chi connectivity index (χ0) is 29.9. The molecule has 0 saturated carbocycles. The van der Waals surface area contributed by atoms with Gasteiger partial charge in [-0.1, -0.05) is 90.1 Å². The molecule has 0 radical (unpaired) electrons. The van der Waals surface area contributed by atoms with Crippen LogP contribution in [0.3, 0.4) is 0 Å². The largest absolute Gasteiger partial charge is 0.273 e. The molecule has 42 heavy (non-hydrogen) atoms. The highest BCUT2D eigenvalue weighted by Gasteiger charge is 2.40. The van der Waals surface area contributed by atoms with E-state index in [0.717, 1.165) is 32.3 Å². The third-order valence-electron chi connectivity index (χ3n) is 8.68. The topological polar surface area (TPSA) is 80.5 Å². The average molecular weight is 555 g/mol. The standard InChI is InChI=1S/C36H30N2O4/c1-35(2,3)26-18-29(38(41)42)27(36(4,5)6)17-28(26)37-33(39)24-15-13-22-20-11-7-9-19-10-8-12-21(30(19)20)23-14-16-25(34(37)40)32(24)31(22)23/h7-18H,1-6H3. The molecular formula is C36H30N2O4. The first kappa shape index (κ1) is 26.1. The zero-order valence-corrected chi connectivity index (χ0v) is 24.5. The highest BCUT2D eigenvalue weighted by molar-refractivity contribution is 6.42. The Hall–Kier alpha value is -4.84. The molecule has 6 heteroatoms. The van der Waals surface area contributed by atoms with Crippen molar-refractivity contribution in [2.24, 2.45) is 0 Å². The Bertz CT molecular complexity index is 2080. The van der Waals surface area contributed by atoms with Crippen LogP contribution >= 0.6 is 0 Å². The van der Waals surface area contributed by atoms with Gasteiger partial charge >= 0.3 is 0 Å². The number of nitro groups is 1. The number of hydrogen-bond donors (Lipinski definition) is 0. The maximum Gasteiger partial charge on any atom is 0.273 e. The van der Waals surface area contributed by atoms with Crippen molar-refractivity contribution < 1.29 is 14.5 Å². The van der Waals surface area contributed by atoms with Gasteiger partial charge < -0.3 is 0 Å². The molecule has 6 aromatic rings. The van der Waals surface area contributed by atoms with Crippen LogP contribution in [0.5, 0.6) is 0 Å². The maximum atomic E-state index is 14.4. The number of hydrogen-bond acceptors (Lipinski definition) is 4. The molecule has 0 N–H and O–H groups in total. The molecule has 6 nitrogen and oxygen atoms in total. The lowest BCUT2D eigenvalue weighted by Crippen LogP contribution is -2.42. The van der Waals surface area contributed by atoms with Crippen molar-refractivity contribution in [1.82, 2.24) is 0 Å². The Morgan fingerprint density at radius 2 is 1.12 bits per heavy atom. The molecule has 2 amide bonds. The molecule has 0 atom stereocenters. The molecule has 1 heterocycles. The molecule has 1 aliphatic rings. The van der Waals surface area contributed by atoms with Gasteiger partial charge in [0.05, 0.1) is 10.6 Å². The second-order valence-electron chi connectivity index (χ2n) is 13.4. The number of nitrogens with zero attached hydrogens (tertiary/aromatic N) is 2. The molecule has 0 aliphatic carbocycles. The van der Waals surface area contributed by atoms with Gasteiger partial charge in [-0.3, -0.25) is 19.7 Å². The summed E-state index contributed by atoms with van der Waals surface area (Å²) in [5.74, 6) is -0.847. The van der Waals surface area contributed by atoms with E-state index in [0.29, 0.717) is 33.3 Å². The van der Waals surface area contributed by atoms with Gasteiger partial charge in [0, 0.05) is 28.1 Å². The lowest BCUT2D eigenvalue weighted by Gasteiger charge is -2.34. The zero-order valence-electron chi connectivity index (χ0n) is 24.5. The molecule has 0 unspecified atom stereocenters. The van der Waals surface area contributed by atoms with Crippen LogP contribution in [0.4, 0.5) is 11.4 Å². The SMILES string of the molecule is CC(C)(C)c1cc([N+](=O)[O-])c(C(C)(C)C)cc1N1C(=O)c2ccc3c4cccc5cccc(c6ccc(c2c36)C1=O)c54. The molecule has 0 saturated heterocycles. The van der Waals surface area contributed by atoms with Crippen molar-refractivity contribution in [3.8, 4) is 0 Å². The highest BCUT2D eigenvalue weighted by atomic mass is 16.6. The lowest BCUT2D eigenvalue weighted by atomic mass is 9.79. The monoisotopic (exact) mass is 554 g/mol. The van der Waals surface area contributed by atoms with E-state index in [9.17, 15) is 19.7 Å². The van der Waals surface area contributed by atoms with Gasteiger partial charge in [0.2, 0.25) is 0 Å². The summed E-state index contributed by atoms with van der Waals surface area (Å²) >= 11 is 0. The molecule has 0 aromatic heterocycles. The fourth-order valence-corrected chi connectivity index (χ4v) is 6.76. The normalized spacial score (nSPS) is 14.2. The van der Waals surface area contributed by atoms with Crippen LogP contribution in [-0.2, 0) is 10.8 Å². The fourth-order valence-electron chi connectivity index (χ4n) is 6.76. The Balaban J connectivity index is 1.55. The highest BCUT2D eigenvalue weighted by Crippen LogP contribution is 2.47. The van der Waals surface area contributed by atoms with Crippen LogP contribution < -0.4 is 4.90 Å². The van der Waals surface area contributed by atoms with Crippen LogP contribution in [-0.4, -0.2) is 16.7 Å². The van der Waals surface area contributed by atoms with Gasteiger partial charge in [0.15, 0.2) is 0 Å². The Morgan fingerprint density at radius 3 is 1.60 bits per heavy atom. The van der Waals surface area contributed by atoms with Crippen LogP contribution in [0.15, 0.2) is 72.8 Å². The van der Waals surface area contributed by atoms with Crippen LogP contribution in [0.1, 0.15) is 73.4 Å². The van der Waals surface area contributed by atoms with Gasteiger partial charge in [0.1, 0.15) is 0 Å². The summed E-state index contributed by atoms with van der Waals surface area (Å²) in [6.07, 6.45) is 0. The molecule has 0 fully saturated rings. The second-order valence-corrected chi connectivity index (χ2v) is 13.4. The minimum Gasteiger partial charge on any atom is -0.268 e. The number of benzene rings is 6. The fraction of sp³-hybridized carbons (Fsp3) is 0.222. The van der Waals surface area contributed by atoms with Crippen molar-refractivity contribution >= 4 is 66.3 Å². The number of anilines is 1. The van der Waals surface area contributed by atoms with Crippen molar-refractivity contribution in [3.05, 3.63) is 105 Å². The summed E-state index contributed by atoms with van der Waals surface area (Å²) in [6, 6.07) is 23.3. The van der Waals surface area contributed by atoms with E-state index in [1.54, 1.807) is 12.1 Å². The Labute approximate surface area is 243 Å². The van der Waals surface area contributed by atoms with Crippen LogP contribution in [0.2, 0.25) is 0 Å². The van der Waals surface area contributed by atoms with Crippen molar-refractivity contribution in [1.29, 1.82) is 0 Å². The Kier molecular flexibility index (Phi) is 5.19. The lowest BCUT2D eigenvalue weighted by molar-refractivity contribution is -0.386. The Morgan fingerprint density at radius 1 is 0.619 bits per heavy atom. The number of amides is 2. The van der Waals surface area contributed by atoms with E-state index in [4.69, 9.17) is 0 Å². The van der Waals surface area contributed by atoms with E-state index in [1.807, 2.05) is 77.9 Å². The summed E-state index contributed by atoms with van der Waals surface area (Å²) in [5.41, 5.74) is 1.14. The maximum absolute atomic E-state index is 14.4. The first-order valence-electron chi connectivity index (χ1n) is 14.1. The first-order valence-corrected chi connectivity index (χ1v) is 14.1. The summed E-state index contributed by atoms with van der Waals surface area (Å²) < 4.78 is 0. The van der Waals surface area contributed by atoms with E-state index >= 15 is 0 Å². The van der Waals surface area contributed by atoms with E-state index < -0.39 is 22.6 Å². The van der Waals surface area contributed by atoms with Gasteiger partial charge in [0.25, 0.3) is 17.5 Å². The number of carbonyl (C=O) groups is 2. The molecule has 0 bridgehead atoms. The van der Waals surface area contributed by atoms with E-state index in [-0.39, 0.29) is 10.6 Å². The average Bonchev–Trinajstić information content (AvgIpc) is 2.93. The van der Waals surface area contributed by atoms with Crippen molar-refractivity contribution in [2.75, 3.05) is 4.90 Å². The number of imide groups is 1. The number of carbonyl (C=O) groups excluding carboxylic acids is 2. The van der Waals surface area contributed by atoms with Crippen LogP contribution in [0, 0.1) is 10.1 Å². The van der Waals surface area contributed by atoms with Gasteiger partial charge in [-0.25, -0.2) is 4.90 Å². The van der Waals surface area contributed by atoms with Crippen molar-refractivity contribution in [2.45, 2.75) is 52.4 Å².